The van der Waals surface area contributed by atoms with E-state index in [0.717, 1.165) is 25.2 Å². The Morgan fingerprint density at radius 2 is 2.28 bits per heavy atom. The molecule has 0 radical (unpaired) electrons. The molecule has 0 saturated heterocycles. The normalized spacial score (nSPS) is 22.1. The van der Waals surface area contributed by atoms with Gasteiger partial charge in [0.05, 0.1) is 6.10 Å². The number of anilines is 1. The number of carbonyl (C=O) groups excluding carboxylic acids is 1. The fraction of sp³-hybridized carbons (Fsp3) is 0.538. The van der Waals surface area contributed by atoms with Crippen molar-refractivity contribution in [1.29, 1.82) is 0 Å². The molecule has 0 aliphatic heterocycles. The lowest BCUT2D eigenvalue weighted by Gasteiger charge is -2.34. The highest BCUT2D eigenvalue weighted by Crippen LogP contribution is 2.22. The maximum atomic E-state index is 12.0. The molecule has 1 saturated carbocycles. The second-order valence-corrected chi connectivity index (χ2v) is 4.44. The number of carbonyl (C=O) groups is 1. The molecule has 98 valence electrons. The lowest BCUT2D eigenvalue weighted by Crippen LogP contribution is -2.47. The number of nitrogens with one attached hydrogen (secondary N) is 2. The van der Waals surface area contributed by atoms with Crippen molar-refractivity contribution in [3.05, 3.63) is 23.9 Å². The summed E-state index contributed by atoms with van der Waals surface area (Å²) in [5, 5.41) is 6.05. The quantitative estimate of drug-likeness (QED) is 0.828. The van der Waals surface area contributed by atoms with Crippen molar-refractivity contribution in [2.24, 2.45) is 0 Å². The number of aromatic nitrogens is 1. The number of ether oxygens (including phenoxy) is 1. The maximum Gasteiger partial charge on any atom is 0.270 e. The molecule has 5 nitrogen and oxygen atoms in total. The Morgan fingerprint density at radius 3 is 2.94 bits per heavy atom. The van der Waals surface area contributed by atoms with Gasteiger partial charge in [0.1, 0.15) is 11.5 Å². The average Bonchev–Trinajstić information content (AvgIpc) is 2.33. The monoisotopic (exact) mass is 249 g/mol. The zero-order valence-corrected chi connectivity index (χ0v) is 10.8. The zero-order valence-electron chi connectivity index (χ0n) is 10.8. The first-order chi connectivity index (χ1) is 8.72. The van der Waals surface area contributed by atoms with Gasteiger partial charge < -0.3 is 15.4 Å². The Kier molecular flexibility index (Phi) is 4.15. The van der Waals surface area contributed by atoms with E-state index >= 15 is 0 Å². The minimum Gasteiger partial charge on any atom is -0.381 e. The van der Waals surface area contributed by atoms with Crippen molar-refractivity contribution in [2.75, 3.05) is 19.0 Å². The second kappa shape index (κ2) is 5.82. The van der Waals surface area contributed by atoms with Crippen LogP contribution in [0.5, 0.6) is 0 Å². The lowest BCUT2D eigenvalue weighted by atomic mass is 9.89. The van der Waals surface area contributed by atoms with Gasteiger partial charge in [0.2, 0.25) is 0 Å². The Morgan fingerprint density at radius 1 is 1.50 bits per heavy atom. The summed E-state index contributed by atoms with van der Waals surface area (Å²) in [5.74, 6) is 0.614. The highest BCUT2D eigenvalue weighted by atomic mass is 16.5. The minimum atomic E-state index is -0.116. The smallest absolute Gasteiger partial charge is 0.270 e. The van der Waals surface area contributed by atoms with E-state index in [9.17, 15) is 4.79 Å². The summed E-state index contributed by atoms with van der Waals surface area (Å²) in [4.78, 5) is 16.2. The maximum absolute atomic E-state index is 12.0. The van der Waals surface area contributed by atoms with Crippen molar-refractivity contribution in [3.8, 4) is 0 Å². The van der Waals surface area contributed by atoms with Gasteiger partial charge in [-0.25, -0.2) is 4.98 Å². The SMILES string of the molecule is CCNc1cccc(C(=O)NC2CC(OC)C2)n1. The second-order valence-electron chi connectivity index (χ2n) is 4.44. The van der Waals surface area contributed by atoms with Gasteiger partial charge in [-0.1, -0.05) is 6.07 Å². The summed E-state index contributed by atoms with van der Waals surface area (Å²) >= 11 is 0. The first-order valence-electron chi connectivity index (χ1n) is 6.27. The van der Waals surface area contributed by atoms with Crippen LogP contribution in [0.25, 0.3) is 0 Å². The first-order valence-corrected chi connectivity index (χ1v) is 6.27. The van der Waals surface area contributed by atoms with Crippen molar-refractivity contribution in [2.45, 2.75) is 31.9 Å². The molecule has 0 aromatic carbocycles. The Hall–Kier alpha value is -1.62. The molecule has 0 atom stereocenters. The van der Waals surface area contributed by atoms with Crippen LogP contribution in [0, 0.1) is 0 Å². The fourth-order valence-electron chi connectivity index (χ4n) is 1.98. The van der Waals surface area contributed by atoms with Crippen LogP contribution in [0.4, 0.5) is 5.82 Å². The van der Waals surface area contributed by atoms with E-state index in [-0.39, 0.29) is 18.1 Å². The van der Waals surface area contributed by atoms with Gasteiger partial charge in [-0.15, -0.1) is 0 Å². The predicted molar refractivity (Wildman–Crippen MR) is 69.7 cm³/mol. The van der Waals surface area contributed by atoms with Crippen LogP contribution in [0.1, 0.15) is 30.3 Å². The Balaban J connectivity index is 1.90. The summed E-state index contributed by atoms with van der Waals surface area (Å²) in [6, 6.07) is 5.62. The number of amides is 1. The van der Waals surface area contributed by atoms with Gasteiger partial charge in [0.15, 0.2) is 0 Å². The lowest BCUT2D eigenvalue weighted by molar-refractivity contribution is 0.0175. The number of hydrogen-bond donors (Lipinski definition) is 2. The third-order valence-corrected chi connectivity index (χ3v) is 3.10. The molecule has 2 rings (SSSR count). The van der Waals surface area contributed by atoms with Gasteiger partial charge >= 0.3 is 0 Å². The van der Waals surface area contributed by atoms with E-state index in [1.165, 1.54) is 0 Å². The number of rotatable bonds is 5. The Bertz CT molecular complexity index is 416. The van der Waals surface area contributed by atoms with E-state index in [0.29, 0.717) is 5.69 Å². The number of pyridine rings is 1. The van der Waals surface area contributed by atoms with E-state index < -0.39 is 0 Å². The number of methoxy groups -OCH3 is 1. The van der Waals surface area contributed by atoms with Crippen molar-refractivity contribution >= 4 is 11.7 Å². The molecule has 0 spiro atoms. The van der Waals surface area contributed by atoms with Gasteiger partial charge in [-0.05, 0) is 31.9 Å². The third-order valence-electron chi connectivity index (χ3n) is 3.10. The van der Waals surface area contributed by atoms with Gasteiger partial charge in [0, 0.05) is 19.7 Å². The van der Waals surface area contributed by atoms with Crippen molar-refractivity contribution in [3.63, 3.8) is 0 Å². The topological polar surface area (TPSA) is 63.2 Å². The van der Waals surface area contributed by atoms with E-state index in [1.54, 1.807) is 13.2 Å². The van der Waals surface area contributed by atoms with Crippen LogP contribution in [-0.2, 0) is 4.74 Å². The molecule has 1 aromatic rings. The van der Waals surface area contributed by atoms with Crippen LogP contribution in [0.3, 0.4) is 0 Å². The van der Waals surface area contributed by atoms with Gasteiger partial charge in [-0.3, -0.25) is 4.79 Å². The van der Waals surface area contributed by atoms with E-state index in [2.05, 4.69) is 15.6 Å². The molecule has 1 heterocycles. The molecule has 1 amide bonds. The highest BCUT2D eigenvalue weighted by Gasteiger charge is 2.30. The van der Waals surface area contributed by atoms with Crippen molar-refractivity contribution < 1.29 is 9.53 Å². The molecule has 1 fully saturated rings. The van der Waals surface area contributed by atoms with Gasteiger partial charge in [0.25, 0.3) is 5.91 Å². The molecule has 2 N–H and O–H groups in total. The molecule has 18 heavy (non-hydrogen) atoms. The van der Waals surface area contributed by atoms with Gasteiger partial charge in [-0.2, -0.15) is 0 Å². The molecule has 0 unspecified atom stereocenters. The van der Waals surface area contributed by atoms with Crippen LogP contribution in [0.2, 0.25) is 0 Å². The molecule has 5 heteroatoms. The minimum absolute atomic E-state index is 0.116. The van der Waals surface area contributed by atoms with Crippen LogP contribution in [0.15, 0.2) is 18.2 Å². The van der Waals surface area contributed by atoms with Crippen LogP contribution in [-0.4, -0.2) is 36.7 Å². The molecule has 1 aliphatic rings. The summed E-state index contributed by atoms with van der Waals surface area (Å²) in [5.41, 5.74) is 0.453. The average molecular weight is 249 g/mol. The van der Waals surface area contributed by atoms with E-state index in [1.807, 2.05) is 19.1 Å². The fourth-order valence-corrected chi connectivity index (χ4v) is 1.98. The first kappa shape index (κ1) is 12.8. The predicted octanol–water partition coefficient (Wildman–Crippen LogP) is 1.42. The summed E-state index contributed by atoms with van der Waals surface area (Å²) < 4.78 is 5.18. The molecular formula is C13H19N3O2. The van der Waals surface area contributed by atoms with Crippen LogP contribution < -0.4 is 10.6 Å². The zero-order chi connectivity index (χ0) is 13.0. The molecule has 1 aliphatic carbocycles. The number of nitrogens with zero attached hydrogens (tertiary/aromatic N) is 1. The molecular weight excluding hydrogens is 230 g/mol. The number of hydrogen-bond acceptors (Lipinski definition) is 4. The Labute approximate surface area is 107 Å². The van der Waals surface area contributed by atoms with Crippen molar-refractivity contribution in [1.82, 2.24) is 10.3 Å². The third kappa shape index (κ3) is 2.98. The van der Waals surface area contributed by atoms with E-state index in [4.69, 9.17) is 4.74 Å². The summed E-state index contributed by atoms with van der Waals surface area (Å²) in [6.07, 6.45) is 2.06. The molecule has 0 bridgehead atoms. The standard InChI is InChI=1S/C13H19N3O2/c1-3-14-12-6-4-5-11(16-12)13(17)15-9-7-10(8-9)18-2/h4-6,9-10H,3,7-8H2,1-2H3,(H,14,16)(H,15,17). The highest BCUT2D eigenvalue weighted by molar-refractivity contribution is 5.92. The largest absolute Gasteiger partial charge is 0.381 e. The summed E-state index contributed by atoms with van der Waals surface area (Å²) in [6.45, 7) is 2.78. The van der Waals surface area contributed by atoms with Crippen LogP contribution >= 0.6 is 0 Å². The molecule has 1 aromatic heterocycles. The summed E-state index contributed by atoms with van der Waals surface area (Å²) in [7, 11) is 1.70.